The van der Waals surface area contributed by atoms with E-state index in [-0.39, 0.29) is 73.5 Å². The van der Waals surface area contributed by atoms with Gasteiger partial charge in [0.05, 0.1) is 58.9 Å². The number of alkyl halides is 6. The van der Waals surface area contributed by atoms with E-state index in [4.69, 9.17) is 25.9 Å². The number of nitrogens with one attached hydrogen (secondary N) is 4. The second-order valence-electron chi connectivity index (χ2n) is 30.0. The molecule has 16 aromatic rings. The number of unbranched alkanes of at least 4 members (excludes halogenated alkanes) is 1. The second kappa shape index (κ2) is 43.1. The summed E-state index contributed by atoms with van der Waals surface area (Å²) in [5.74, 6) is -3.19. The fourth-order valence-corrected chi connectivity index (χ4v) is 14.1. The van der Waals surface area contributed by atoms with E-state index < -0.39 is 59.3 Å². The second-order valence-corrected chi connectivity index (χ2v) is 30.0. The van der Waals surface area contributed by atoms with Crippen LogP contribution >= 0.6 is 0 Å². The highest BCUT2D eigenvalue weighted by Crippen LogP contribution is 2.32. The first-order valence-electron chi connectivity index (χ1n) is 40.5. The molecule has 16 rings (SSSR count). The fraction of sp³-hybridized carbons (Fsp3) is 0.143. The highest BCUT2D eigenvalue weighted by Gasteiger charge is 2.31. The zero-order valence-corrected chi connectivity index (χ0v) is 69.6. The van der Waals surface area contributed by atoms with E-state index in [1.807, 2.05) is 55.5 Å². The number of rotatable bonds is 22. The van der Waals surface area contributed by atoms with Crippen LogP contribution in [0.25, 0.3) is 65.5 Å². The van der Waals surface area contributed by atoms with E-state index in [1.165, 1.54) is 121 Å². The van der Waals surface area contributed by atoms with Crippen molar-refractivity contribution in [3.8, 4) is 11.4 Å². The van der Waals surface area contributed by atoms with E-state index in [2.05, 4.69) is 22.1 Å². The molecule has 5 aromatic heterocycles. The van der Waals surface area contributed by atoms with Crippen LogP contribution in [0.3, 0.4) is 0 Å². The Balaban J connectivity index is 0.000000149. The van der Waals surface area contributed by atoms with Gasteiger partial charge in [-0.2, -0.15) is 26.3 Å². The number of aryl methyl sites for hydroxylation is 5. The molecule has 0 saturated heterocycles. The van der Waals surface area contributed by atoms with Crippen LogP contribution in [0, 0.1) is 12.7 Å². The molecular formula is C98H82F7N11O15. The molecule has 26 nitrogen and oxygen atoms in total. The number of hydrogen-bond donors (Lipinski definition) is 9. The minimum atomic E-state index is -4.45. The Morgan fingerprint density at radius 1 is 0.366 bits per heavy atom. The Kier molecular flexibility index (Phi) is 31.1. The first-order chi connectivity index (χ1) is 62.9. The standard InChI is InChI=1S/C23H16F3N3O3.C21H19F3N2O3.C19H18N2O3.C18H16N2O3.C17H13FN2O3/c24-23(25,26)17-9-6-14(7-10-17)13-29-20(15-4-2-1-3-5-15)27-19-12-16(21(30)28-32)8-11-18(19)22(29)31;22-21(23,24)17-6-3-5-14(12-17)4-1-2-10-26-11-9-15-7-8-16(19(27)25-29)13-18(15)20(26)28;22-12-18(23)15-8-9-16-17(11-15)20-13-21(19(16)24)10-4-7-14-5-2-1-3-6-14;1-12-2-4-13(5-3-12)11-20-9-8-14-6-7-15(17(21)19-23)10-16(14)18(20)22;18-14-5-1-11(2-6-14)10-20-8-7-12-3-4-13(16(21)19-23)9-15(12)17(20)22/h1-12,32H,13H2,(H,28,30);3,5-9,11-13,29H,1-2,4,10H2,(H,25,27);1-3,5-6,8-9,11,13,22H,4,7,10,12H2;2-10,23H,11H2,1H3,(H,19,21);1-9,23H,10H2,(H,19,21). The van der Waals surface area contributed by atoms with Crippen LogP contribution in [0.15, 0.2) is 316 Å². The minimum absolute atomic E-state index is 0.00299. The molecule has 131 heavy (non-hydrogen) atoms. The third kappa shape index (κ3) is 24.1. The molecule has 0 saturated carbocycles. The molecule has 0 radical (unpaired) electrons. The van der Waals surface area contributed by atoms with Gasteiger partial charge in [0.25, 0.3) is 51.4 Å². The number of carbonyl (C=O) groups is 5. The van der Waals surface area contributed by atoms with Crippen LogP contribution < -0.4 is 49.7 Å². The normalized spacial score (nSPS) is 11.1. The molecule has 0 bridgehead atoms. The van der Waals surface area contributed by atoms with Crippen LogP contribution in [-0.4, -0.2) is 94.8 Å². The van der Waals surface area contributed by atoms with Gasteiger partial charge in [-0.05, 0) is 198 Å². The van der Waals surface area contributed by atoms with Gasteiger partial charge in [-0.3, -0.25) is 77.9 Å². The van der Waals surface area contributed by atoms with Crippen LogP contribution in [0.2, 0.25) is 0 Å². The van der Waals surface area contributed by atoms with Crippen LogP contribution in [0.4, 0.5) is 30.7 Å². The first-order valence-corrected chi connectivity index (χ1v) is 40.5. The van der Waals surface area contributed by atoms with Gasteiger partial charge < -0.3 is 18.8 Å². The lowest BCUT2D eigenvalue weighted by Gasteiger charge is -2.15. The van der Waals surface area contributed by atoms with Gasteiger partial charge >= 0.3 is 12.4 Å². The van der Waals surface area contributed by atoms with Gasteiger partial charge in [-0.15, -0.1) is 0 Å². The molecule has 4 amide bonds. The zero-order valence-electron chi connectivity index (χ0n) is 69.6. The maximum Gasteiger partial charge on any atom is 0.416 e. The molecular weight excluding hydrogens is 1700 g/mol. The van der Waals surface area contributed by atoms with Crippen molar-refractivity contribution in [2.75, 3.05) is 6.61 Å². The number of Topliss-reactive ketones (excluding diaryl/α,β-unsaturated/α-hetero) is 1. The first kappa shape index (κ1) is 94.3. The van der Waals surface area contributed by atoms with E-state index in [9.17, 15) is 78.7 Å². The van der Waals surface area contributed by atoms with Crippen molar-refractivity contribution < 1.29 is 80.6 Å². The predicted octanol–water partition coefficient (Wildman–Crippen LogP) is 15.4. The van der Waals surface area contributed by atoms with Crippen LogP contribution in [-0.2, 0) is 57.9 Å². The van der Waals surface area contributed by atoms with Crippen LogP contribution in [0.5, 0.6) is 0 Å². The van der Waals surface area contributed by atoms with Crippen molar-refractivity contribution in [3.05, 3.63) is 422 Å². The Hall–Kier alpha value is -15.8. The van der Waals surface area contributed by atoms with Crippen molar-refractivity contribution in [1.82, 2.24) is 54.7 Å². The van der Waals surface area contributed by atoms with E-state index in [0.717, 1.165) is 53.6 Å². The molecule has 0 fully saturated rings. The number of aliphatic hydroxyl groups is 1. The Morgan fingerprint density at radius 3 is 1.30 bits per heavy atom. The summed E-state index contributed by atoms with van der Waals surface area (Å²) in [6.45, 7) is 3.22. The highest BCUT2D eigenvalue weighted by atomic mass is 19.4. The van der Waals surface area contributed by atoms with E-state index >= 15 is 0 Å². The van der Waals surface area contributed by atoms with Gasteiger partial charge in [0.2, 0.25) is 0 Å². The maximum atomic E-state index is 13.3. The number of ketones is 1. The largest absolute Gasteiger partial charge is 0.416 e. The summed E-state index contributed by atoms with van der Waals surface area (Å²) in [6, 6.07) is 70.8. The lowest BCUT2D eigenvalue weighted by Crippen LogP contribution is -2.25. The number of pyridine rings is 3. The molecule has 0 aliphatic carbocycles. The molecule has 0 spiro atoms. The Labute approximate surface area is 739 Å². The molecule has 9 N–H and O–H groups in total. The smallest absolute Gasteiger partial charge is 0.388 e. The van der Waals surface area contributed by atoms with Gasteiger partial charge in [-0.25, -0.2) is 36.3 Å². The van der Waals surface area contributed by atoms with Gasteiger partial charge in [0, 0.05) is 81.2 Å². The summed E-state index contributed by atoms with van der Waals surface area (Å²) in [7, 11) is 0. The number of amides is 4. The number of fused-ring (bicyclic) bond motifs is 5. The van der Waals surface area contributed by atoms with Crippen LogP contribution in [0.1, 0.15) is 116 Å². The molecule has 0 atom stereocenters. The number of benzene rings is 11. The molecule has 0 aliphatic heterocycles. The molecule has 668 valence electrons. The topological polar surface area (TPSA) is 370 Å². The quantitative estimate of drug-likeness (QED) is 0.0100. The van der Waals surface area contributed by atoms with Gasteiger partial charge in [-0.1, -0.05) is 157 Å². The Morgan fingerprint density at radius 2 is 0.786 bits per heavy atom. The number of hydrogen-bond acceptors (Lipinski definition) is 17. The SMILES string of the molecule is Cc1ccc(Cn2ccc3ccc(C(=O)NO)cc3c2=O)cc1.O=C(CO)c1ccc2c(=O)n(CCCc3ccccc3)cnc2c1.O=C(NO)c1ccc2c(=O)n(Cc3ccc(C(F)(F)F)cc3)c(-c3ccccc3)nc2c1.O=C(NO)c1ccc2ccn(CCCCc3cccc(C(F)(F)F)c3)c(=O)c2c1.O=C(NO)c1ccc2ccn(Cc3ccc(F)cc3)c(=O)c2c1. The summed E-state index contributed by atoms with van der Waals surface area (Å²) in [5, 5.41) is 47.9. The van der Waals surface area contributed by atoms with Crippen molar-refractivity contribution >= 4 is 83.5 Å². The monoisotopic (exact) mass is 1790 g/mol. The van der Waals surface area contributed by atoms with Crippen molar-refractivity contribution in [1.29, 1.82) is 0 Å². The maximum absolute atomic E-state index is 13.3. The third-order valence-corrected chi connectivity index (χ3v) is 21.1. The van der Waals surface area contributed by atoms with Gasteiger partial charge in [0.15, 0.2) is 5.78 Å². The minimum Gasteiger partial charge on any atom is -0.388 e. The third-order valence-electron chi connectivity index (χ3n) is 21.1. The van der Waals surface area contributed by atoms with Crippen molar-refractivity contribution in [2.45, 2.75) is 84.1 Å². The average Bonchev–Trinajstić information content (AvgIpc) is 0.759. The Bertz CT molecular complexity index is 7040. The van der Waals surface area contributed by atoms with Crippen molar-refractivity contribution in [3.63, 3.8) is 0 Å². The molecule has 11 aromatic carbocycles. The van der Waals surface area contributed by atoms with Gasteiger partial charge in [0.1, 0.15) is 18.2 Å². The molecule has 33 heteroatoms. The lowest BCUT2D eigenvalue weighted by atomic mass is 10.0. The number of nitrogens with zero attached hydrogens (tertiary/aromatic N) is 7. The lowest BCUT2D eigenvalue weighted by molar-refractivity contribution is -0.138. The van der Waals surface area contributed by atoms with E-state index in [0.29, 0.717) is 111 Å². The zero-order chi connectivity index (χ0) is 93.6. The number of hydroxylamine groups is 4. The predicted molar refractivity (Wildman–Crippen MR) is 476 cm³/mol. The number of aromatic nitrogens is 7. The molecule has 5 heterocycles. The average molecular weight is 1790 g/mol. The number of halogens is 7. The van der Waals surface area contributed by atoms with Crippen molar-refractivity contribution in [2.24, 2.45) is 0 Å². The number of aliphatic hydroxyl groups excluding tert-OH is 1. The number of carbonyl (C=O) groups excluding carboxylic acids is 5. The fourth-order valence-electron chi connectivity index (χ4n) is 14.1. The highest BCUT2D eigenvalue weighted by molar-refractivity contribution is 6.01. The summed E-state index contributed by atoms with van der Waals surface area (Å²) >= 11 is 0. The summed E-state index contributed by atoms with van der Waals surface area (Å²) in [6.07, 6.45) is 1.21. The molecule has 0 unspecified atom stereocenters. The van der Waals surface area contributed by atoms with E-state index in [1.54, 1.807) is 142 Å². The molecule has 0 aliphatic rings. The summed E-state index contributed by atoms with van der Waals surface area (Å²) < 4.78 is 97.5. The summed E-state index contributed by atoms with van der Waals surface area (Å²) in [5.41, 5.74) is 11.3. The summed E-state index contributed by atoms with van der Waals surface area (Å²) in [4.78, 5) is 130.